The number of benzene rings is 1. The van der Waals surface area contributed by atoms with Crippen LogP contribution >= 0.6 is 11.3 Å². The molecule has 1 amide bonds. The van der Waals surface area contributed by atoms with E-state index in [9.17, 15) is 9.59 Å². The fraction of sp³-hybridized carbons (Fsp3) is 0.190. The molecule has 8 heteroatoms. The standard InChI is InChI=1S/C21H19N5O2S/c27-19(13-26-21(28)17-5-2-1-4-16(17)12-24-26)23-9-3-6-20-25-18(14-29-20)15-7-10-22-11-8-15/h1-2,4-5,7-8,10-12,14H,3,6,9,13H2,(H,23,27). The Kier molecular flexibility index (Phi) is 5.71. The van der Waals surface area contributed by atoms with Crippen molar-refractivity contribution < 1.29 is 4.79 Å². The molecule has 0 aliphatic rings. The topological polar surface area (TPSA) is 89.8 Å². The summed E-state index contributed by atoms with van der Waals surface area (Å²) in [5.74, 6) is -0.230. The lowest BCUT2D eigenvalue weighted by molar-refractivity contribution is -0.121. The van der Waals surface area contributed by atoms with Gasteiger partial charge in [-0.3, -0.25) is 14.6 Å². The maximum atomic E-state index is 12.4. The number of aryl methyl sites for hydroxylation is 1. The van der Waals surface area contributed by atoms with E-state index in [2.05, 4.69) is 20.4 Å². The third-order valence-electron chi connectivity index (χ3n) is 4.47. The smallest absolute Gasteiger partial charge is 0.275 e. The van der Waals surface area contributed by atoms with Crippen molar-refractivity contribution >= 4 is 28.0 Å². The van der Waals surface area contributed by atoms with Crippen molar-refractivity contribution in [2.45, 2.75) is 19.4 Å². The molecule has 1 aromatic carbocycles. The van der Waals surface area contributed by atoms with Crippen LogP contribution in [0.25, 0.3) is 22.0 Å². The van der Waals surface area contributed by atoms with Crippen LogP contribution in [0.5, 0.6) is 0 Å². The Hall–Kier alpha value is -3.39. The monoisotopic (exact) mass is 405 g/mol. The van der Waals surface area contributed by atoms with Gasteiger partial charge in [-0.2, -0.15) is 5.10 Å². The first kappa shape index (κ1) is 18.9. The van der Waals surface area contributed by atoms with Gasteiger partial charge in [-0.05, 0) is 24.6 Å². The van der Waals surface area contributed by atoms with Crippen molar-refractivity contribution in [3.05, 3.63) is 75.7 Å². The van der Waals surface area contributed by atoms with Gasteiger partial charge in [0.2, 0.25) is 5.91 Å². The van der Waals surface area contributed by atoms with Crippen LogP contribution in [0.2, 0.25) is 0 Å². The number of rotatable bonds is 7. The van der Waals surface area contributed by atoms with Gasteiger partial charge < -0.3 is 5.32 Å². The lowest BCUT2D eigenvalue weighted by Crippen LogP contribution is -2.34. The van der Waals surface area contributed by atoms with Crippen LogP contribution in [-0.4, -0.2) is 32.2 Å². The number of amides is 1. The lowest BCUT2D eigenvalue weighted by atomic mass is 10.2. The summed E-state index contributed by atoms with van der Waals surface area (Å²) in [5, 5.41) is 11.3. The van der Waals surface area contributed by atoms with E-state index < -0.39 is 0 Å². The SMILES string of the molecule is O=C(Cn1ncc2ccccc2c1=O)NCCCc1nc(-c2ccncc2)cs1. The fourth-order valence-electron chi connectivity index (χ4n) is 2.98. The molecule has 4 rings (SSSR count). The van der Waals surface area contributed by atoms with Gasteiger partial charge in [0, 0.05) is 41.7 Å². The van der Waals surface area contributed by atoms with Crippen LogP contribution in [0.1, 0.15) is 11.4 Å². The first-order chi connectivity index (χ1) is 14.2. The van der Waals surface area contributed by atoms with E-state index in [1.54, 1.807) is 42.1 Å². The van der Waals surface area contributed by atoms with Crippen molar-refractivity contribution in [2.75, 3.05) is 6.54 Å². The van der Waals surface area contributed by atoms with E-state index in [1.807, 2.05) is 29.6 Å². The van der Waals surface area contributed by atoms with Gasteiger partial charge in [-0.15, -0.1) is 11.3 Å². The third-order valence-corrected chi connectivity index (χ3v) is 5.38. The van der Waals surface area contributed by atoms with Gasteiger partial charge in [0.05, 0.1) is 22.3 Å². The molecule has 0 aliphatic carbocycles. The van der Waals surface area contributed by atoms with Crippen LogP contribution < -0.4 is 10.9 Å². The molecule has 7 nitrogen and oxygen atoms in total. The maximum absolute atomic E-state index is 12.4. The Morgan fingerprint density at radius 2 is 1.97 bits per heavy atom. The molecule has 4 aromatic rings. The minimum absolute atomic E-state index is 0.0902. The van der Waals surface area contributed by atoms with Crippen molar-refractivity contribution in [1.29, 1.82) is 0 Å². The summed E-state index contributed by atoms with van der Waals surface area (Å²) in [6, 6.07) is 11.1. The maximum Gasteiger partial charge on any atom is 0.275 e. The van der Waals surface area contributed by atoms with Crippen molar-refractivity contribution in [3.8, 4) is 11.3 Å². The first-order valence-electron chi connectivity index (χ1n) is 9.27. The summed E-state index contributed by atoms with van der Waals surface area (Å²) in [7, 11) is 0. The number of thiazole rings is 1. The summed E-state index contributed by atoms with van der Waals surface area (Å²) in [6.07, 6.45) is 6.66. The zero-order valence-corrected chi connectivity index (χ0v) is 16.4. The second-order valence-corrected chi connectivity index (χ2v) is 7.45. The number of carbonyl (C=O) groups is 1. The van der Waals surface area contributed by atoms with E-state index >= 15 is 0 Å². The molecule has 0 atom stereocenters. The number of fused-ring (bicyclic) bond motifs is 1. The molecule has 3 aromatic heterocycles. The van der Waals surface area contributed by atoms with Crippen LogP contribution in [0.15, 0.2) is 65.2 Å². The third kappa shape index (κ3) is 4.55. The van der Waals surface area contributed by atoms with Crippen LogP contribution in [-0.2, 0) is 17.8 Å². The number of hydrogen-bond donors (Lipinski definition) is 1. The van der Waals surface area contributed by atoms with Crippen LogP contribution in [0.3, 0.4) is 0 Å². The first-order valence-corrected chi connectivity index (χ1v) is 10.1. The minimum atomic E-state index is -0.260. The molecule has 29 heavy (non-hydrogen) atoms. The molecule has 0 radical (unpaired) electrons. The largest absolute Gasteiger partial charge is 0.354 e. The highest BCUT2D eigenvalue weighted by molar-refractivity contribution is 7.09. The molecule has 0 aliphatic heterocycles. The molecule has 0 unspecified atom stereocenters. The number of pyridine rings is 1. The Labute approximate surface area is 171 Å². The molecule has 0 fully saturated rings. The molecular weight excluding hydrogens is 386 g/mol. The fourth-order valence-corrected chi connectivity index (χ4v) is 3.83. The Bertz CT molecular complexity index is 1190. The number of carbonyl (C=O) groups excluding carboxylic acids is 1. The van der Waals surface area contributed by atoms with E-state index in [4.69, 9.17) is 0 Å². The molecular formula is C21H19N5O2S. The normalized spacial score (nSPS) is 10.9. The molecule has 0 saturated carbocycles. The average molecular weight is 405 g/mol. The van der Waals surface area contributed by atoms with E-state index in [0.29, 0.717) is 11.9 Å². The number of nitrogens with zero attached hydrogens (tertiary/aromatic N) is 4. The van der Waals surface area contributed by atoms with Crippen LogP contribution in [0, 0.1) is 0 Å². The zero-order chi connectivity index (χ0) is 20.1. The molecule has 3 heterocycles. The Balaban J connectivity index is 1.27. The van der Waals surface area contributed by atoms with E-state index in [-0.39, 0.29) is 18.0 Å². The molecule has 0 spiro atoms. The molecule has 0 bridgehead atoms. The minimum Gasteiger partial charge on any atom is -0.354 e. The van der Waals surface area contributed by atoms with Crippen molar-refractivity contribution in [3.63, 3.8) is 0 Å². The Morgan fingerprint density at radius 3 is 2.83 bits per heavy atom. The predicted octanol–water partition coefficient (Wildman–Crippen LogP) is 2.66. The number of hydrogen-bond acceptors (Lipinski definition) is 6. The van der Waals surface area contributed by atoms with Gasteiger partial charge in [0.25, 0.3) is 5.56 Å². The van der Waals surface area contributed by atoms with E-state index in [0.717, 1.165) is 34.5 Å². The average Bonchev–Trinajstić information content (AvgIpc) is 3.23. The summed E-state index contributed by atoms with van der Waals surface area (Å²) in [5.41, 5.74) is 1.73. The van der Waals surface area contributed by atoms with Gasteiger partial charge in [-0.1, -0.05) is 18.2 Å². The molecule has 146 valence electrons. The van der Waals surface area contributed by atoms with E-state index in [1.165, 1.54) is 4.68 Å². The summed E-state index contributed by atoms with van der Waals surface area (Å²) in [6.45, 7) is 0.429. The number of nitrogens with one attached hydrogen (secondary N) is 1. The molecule has 1 N–H and O–H groups in total. The summed E-state index contributed by atoms with van der Waals surface area (Å²) < 4.78 is 1.19. The second-order valence-electron chi connectivity index (χ2n) is 6.51. The molecule has 0 saturated heterocycles. The Morgan fingerprint density at radius 1 is 1.14 bits per heavy atom. The number of aromatic nitrogens is 4. The zero-order valence-electron chi connectivity index (χ0n) is 15.6. The van der Waals surface area contributed by atoms with Gasteiger partial charge >= 0.3 is 0 Å². The predicted molar refractivity (Wildman–Crippen MR) is 113 cm³/mol. The second kappa shape index (κ2) is 8.74. The highest BCUT2D eigenvalue weighted by Gasteiger charge is 2.09. The summed E-state index contributed by atoms with van der Waals surface area (Å²) in [4.78, 5) is 33.2. The quantitative estimate of drug-likeness (QED) is 0.478. The lowest BCUT2D eigenvalue weighted by Gasteiger charge is -2.07. The summed E-state index contributed by atoms with van der Waals surface area (Å²) >= 11 is 1.61. The van der Waals surface area contributed by atoms with Gasteiger partial charge in [-0.25, -0.2) is 9.67 Å². The van der Waals surface area contributed by atoms with Crippen molar-refractivity contribution in [2.24, 2.45) is 0 Å². The van der Waals surface area contributed by atoms with Gasteiger partial charge in [0.1, 0.15) is 6.54 Å². The van der Waals surface area contributed by atoms with Crippen molar-refractivity contribution in [1.82, 2.24) is 25.1 Å². The highest BCUT2D eigenvalue weighted by atomic mass is 32.1. The highest BCUT2D eigenvalue weighted by Crippen LogP contribution is 2.21. The van der Waals surface area contributed by atoms with Crippen LogP contribution in [0.4, 0.5) is 0 Å². The van der Waals surface area contributed by atoms with Gasteiger partial charge in [0.15, 0.2) is 0 Å².